The number of ether oxygens (including phenoxy) is 2. The molecular weight excluding hydrogens is 642 g/mol. The van der Waals surface area contributed by atoms with E-state index in [2.05, 4.69) is 16.0 Å². The van der Waals surface area contributed by atoms with Crippen LogP contribution in [0.5, 0.6) is 0 Å². The van der Waals surface area contributed by atoms with Crippen molar-refractivity contribution >= 4 is 29.6 Å². The lowest BCUT2D eigenvalue weighted by Crippen LogP contribution is -2.55. The first kappa shape index (κ1) is 42.6. The van der Waals surface area contributed by atoms with E-state index < -0.39 is 54.2 Å². The van der Waals surface area contributed by atoms with Crippen LogP contribution in [-0.2, 0) is 39.9 Å². The van der Waals surface area contributed by atoms with E-state index in [1.165, 1.54) is 14.2 Å². The van der Waals surface area contributed by atoms with E-state index in [0.717, 1.165) is 17.5 Å². The summed E-state index contributed by atoms with van der Waals surface area (Å²) in [7, 11) is 6.39. The lowest BCUT2D eigenvalue weighted by molar-refractivity contribution is -0.147. The van der Waals surface area contributed by atoms with Gasteiger partial charge in [-0.2, -0.15) is 0 Å². The zero-order valence-corrected chi connectivity index (χ0v) is 31.7. The second kappa shape index (κ2) is 20.3. The standard InChI is InChI=1S/C37H61N5O8/c1-11-23(4)33(41(8)31(44)21-39-36(46)32(38-7)22(2)3)29(49-9)20-30(43)42-18-14-17-28(42)34(50-10)25(6)35(45)40-27(37(47)48)19-26-16-13-12-15-24(26)5/h12-13,15-16,22-23,25,27-29,32-34,38H,11,14,17-21H2,1-10H3,(H,39,46)(H,40,45)(H,47,48)/t23-,25+,27-,28-,29+,32-,33-,34+/m0/s1. The van der Waals surface area contributed by atoms with E-state index in [4.69, 9.17) is 9.47 Å². The van der Waals surface area contributed by atoms with Crippen LogP contribution in [0.15, 0.2) is 24.3 Å². The van der Waals surface area contributed by atoms with Crippen LogP contribution in [0.25, 0.3) is 0 Å². The highest BCUT2D eigenvalue weighted by atomic mass is 16.5. The van der Waals surface area contributed by atoms with Crippen molar-refractivity contribution in [1.29, 1.82) is 0 Å². The van der Waals surface area contributed by atoms with Crippen LogP contribution in [0.1, 0.15) is 71.4 Å². The fourth-order valence-corrected chi connectivity index (χ4v) is 7.05. The molecule has 0 aromatic heterocycles. The van der Waals surface area contributed by atoms with Gasteiger partial charge in [-0.3, -0.25) is 19.2 Å². The van der Waals surface area contributed by atoms with Gasteiger partial charge in [0.2, 0.25) is 23.6 Å². The van der Waals surface area contributed by atoms with Gasteiger partial charge >= 0.3 is 5.97 Å². The fourth-order valence-electron chi connectivity index (χ4n) is 7.05. The molecule has 0 spiro atoms. The van der Waals surface area contributed by atoms with Crippen LogP contribution >= 0.6 is 0 Å². The van der Waals surface area contributed by atoms with Crippen molar-refractivity contribution in [3.63, 3.8) is 0 Å². The summed E-state index contributed by atoms with van der Waals surface area (Å²) in [4.78, 5) is 68.9. The molecular formula is C37H61N5O8. The number of likely N-dealkylation sites (N-methyl/N-ethyl adjacent to an activating group) is 2. The van der Waals surface area contributed by atoms with Crippen LogP contribution < -0.4 is 16.0 Å². The first-order valence-corrected chi connectivity index (χ1v) is 17.8. The molecule has 1 saturated heterocycles. The minimum atomic E-state index is -1.13. The molecule has 1 aliphatic heterocycles. The summed E-state index contributed by atoms with van der Waals surface area (Å²) in [5, 5.41) is 18.3. The van der Waals surface area contributed by atoms with E-state index in [1.807, 2.05) is 58.9 Å². The third kappa shape index (κ3) is 11.2. The second-order valence-corrected chi connectivity index (χ2v) is 13.9. The Morgan fingerprint density at radius 2 is 1.70 bits per heavy atom. The molecule has 0 saturated carbocycles. The Morgan fingerprint density at radius 1 is 1.04 bits per heavy atom. The number of rotatable bonds is 20. The van der Waals surface area contributed by atoms with Gasteiger partial charge in [-0.05, 0) is 49.8 Å². The fraction of sp³-hybridized carbons (Fsp3) is 0.703. The van der Waals surface area contributed by atoms with E-state index in [-0.39, 0.29) is 48.9 Å². The highest BCUT2D eigenvalue weighted by molar-refractivity contribution is 5.88. The summed E-state index contributed by atoms with van der Waals surface area (Å²) >= 11 is 0. The zero-order chi connectivity index (χ0) is 37.7. The van der Waals surface area contributed by atoms with Crippen molar-refractivity contribution in [1.82, 2.24) is 25.8 Å². The number of nitrogens with zero attached hydrogens (tertiary/aromatic N) is 2. The number of methoxy groups -OCH3 is 2. The average Bonchev–Trinajstić information content (AvgIpc) is 3.57. The monoisotopic (exact) mass is 703 g/mol. The van der Waals surface area contributed by atoms with Crippen molar-refractivity contribution < 1.29 is 38.6 Å². The van der Waals surface area contributed by atoms with Crippen molar-refractivity contribution in [3.05, 3.63) is 35.4 Å². The van der Waals surface area contributed by atoms with Gasteiger partial charge in [0.1, 0.15) is 6.04 Å². The molecule has 4 N–H and O–H groups in total. The molecule has 50 heavy (non-hydrogen) atoms. The number of hydrogen-bond acceptors (Lipinski definition) is 8. The Labute approximate surface area is 298 Å². The van der Waals surface area contributed by atoms with Crippen LogP contribution in [0, 0.1) is 24.7 Å². The first-order valence-electron chi connectivity index (χ1n) is 17.8. The maximum Gasteiger partial charge on any atom is 0.326 e. The van der Waals surface area contributed by atoms with Crippen molar-refractivity contribution in [2.75, 3.05) is 41.4 Å². The molecule has 13 nitrogen and oxygen atoms in total. The van der Waals surface area contributed by atoms with Gasteiger partial charge in [0.15, 0.2) is 0 Å². The Morgan fingerprint density at radius 3 is 2.24 bits per heavy atom. The molecule has 2 rings (SSSR count). The zero-order valence-electron chi connectivity index (χ0n) is 31.7. The Bertz CT molecular complexity index is 1290. The maximum absolute atomic E-state index is 14.0. The van der Waals surface area contributed by atoms with E-state index in [1.54, 1.807) is 30.8 Å². The highest BCUT2D eigenvalue weighted by Gasteiger charge is 2.42. The van der Waals surface area contributed by atoms with Crippen LogP contribution in [0.4, 0.5) is 0 Å². The van der Waals surface area contributed by atoms with Crippen LogP contribution in [0.3, 0.4) is 0 Å². The molecule has 1 aliphatic rings. The summed E-state index contributed by atoms with van der Waals surface area (Å²) in [5.41, 5.74) is 1.77. The van der Waals surface area contributed by atoms with Gasteiger partial charge in [0, 0.05) is 34.2 Å². The molecule has 8 atom stereocenters. The van der Waals surface area contributed by atoms with Gasteiger partial charge in [-0.1, -0.05) is 65.3 Å². The number of likely N-dealkylation sites (tertiary alicyclic amines) is 1. The normalized spacial score (nSPS) is 18.8. The molecule has 1 heterocycles. The predicted molar refractivity (Wildman–Crippen MR) is 191 cm³/mol. The van der Waals surface area contributed by atoms with Crippen molar-refractivity contribution in [3.8, 4) is 0 Å². The third-order valence-corrected chi connectivity index (χ3v) is 10.3. The maximum atomic E-state index is 14.0. The second-order valence-electron chi connectivity index (χ2n) is 13.9. The number of amides is 4. The summed E-state index contributed by atoms with van der Waals surface area (Å²) < 4.78 is 11.7. The van der Waals surface area contributed by atoms with Crippen molar-refractivity contribution in [2.45, 2.75) is 110 Å². The van der Waals surface area contributed by atoms with Crippen LogP contribution in [-0.4, -0.2) is 122 Å². The lowest BCUT2D eigenvalue weighted by atomic mass is 9.90. The minimum absolute atomic E-state index is 0.00428. The molecule has 1 aromatic carbocycles. The molecule has 0 radical (unpaired) electrons. The average molecular weight is 704 g/mol. The largest absolute Gasteiger partial charge is 0.480 e. The summed E-state index contributed by atoms with van der Waals surface area (Å²) in [6.45, 7) is 11.7. The Balaban J connectivity index is 2.18. The molecule has 0 unspecified atom stereocenters. The Hall–Kier alpha value is -3.55. The number of hydrogen-bond donors (Lipinski definition) is 4. The van der Waals surface area contributed by atoms with Crippen molar-refractivity contribution in [2.24, 2.45) is 17.8 Å². The first-order chi connectivity index (χ1) is 23.6. The Kier molecular flexibility index (Phi) is 17.3. The number of aryl methyl sites for hydroxylation is 1. The molecule has 13 heteroatoms. The van der Waals surface area contributed by atoms with Gasteiger partial charge < -0.3 is 40.3 Å². The SMILES string of the molecule is CC[C@H](C)[C@@H]([C@@H](CC(=O)N1CCC[C@H]1[C@H](OC)[C@@H](C)C(=O)N[C@@H](Cc1ccccc1C)C(=O)O)OC)N(C)C(=O)CNC(=O)[C@@H](NC)C(C)C. The number of nitrogens with one attached hydrogen (secondary N) is 3. The number of benzene rings is 1. The van der Waals surface area contributed by atoms with Gasteiger partial charge in [0.25, 0.3) is 0 Å². The van der Waals surface area contributed by atoms with Gasteiger partial charge in [-0.25, -0.2) is 4.79 Å². The topological polar surface area (TPSA) is 167 Å². The van der Waals surface area contributed by atoms with Gasteiger partial charge in [-0.15, -0.1) is 0 Å². The van der Waals surface area contributed by atoms with E-state index in [9.17, 15) is 29.1 Å². The predicted octanol–water partition coefficient (Wildman–Crippen LogP) is 2.39. The smallest absolute Gasteiger partial charge is 0.326 e. The third-order valence-electron chi connectivity index (χ3n) is 10.3. The highest BCUT2D eigenvalue weighted by Crippen LogP contribution is 2.29. The number of aliphatic carboxylic acids is 1. The lowest BCUT2D eigenvalue weighted by Gasteiger charge is -2.39. The molecule has 0 bridgehead atoms. The van der Waals surface area contributed by atoms with E-state index >= 15 is 0 Å². The summed E-state index contributed by atoms with van der Waals surface area (Å²) in [5.74, 6) is -3.07. The number of carboxylic acid groups (broad SMARTS) is 1. The molecule has 1 fully saturated rings. The molecule has 1 aromatic rings. The molecule has 282 valence electrons. The number of carbonyl (C=O) groups excluding carboxylic acids is 4. The minimum Gasteiger partial charge on any atom is -0.480 e. The van der Waals surface area contributed by atoms with Gasteiger partial charge in [0.05, 0.1) is 49.2 Å². The molecule has 0 aliphatic carbocycles. The van der Waals surface area contributed by atoms with Crippen LogP contribution in [0.2, 0.25) is 0 Å². The quantitative estimate of drug-likeness (QED) is 0.160. The van der Waals surface area contributed by atoms with E-state index in [0.29, 0.717) is 19.4 Å². The summed E-state index contributed by atoms with van der Waals surface area (Å²) in [6, 6.07) is 5.03. The molecule has 4 amide bonds. The summed E-state index contributed by atoms with van der Waals surface area (Å²) in [6.07, 6.45) is 0.870. The number of carboxylic acids is 1. The number of carbonyl (C=O) groups is 5.